The SMILES string of the molecule is Cc1nc2c(c(C)nn2C(C)(C)C)c(C)c1CCC(=O)NC[C@@H]1CCN(C2CCCC2)C1. The van der Waals surface area contributed by atoms with E-state index in [0.717, 1.165) is 48.0 Å². The van der Waals surface area contributed by atoms with Crippen molar-refractivity contribution in [3.8, 4) is 0 Å². The molecule has 3 heterocycles. The van der Waals surface area contributed by atoms with E-state index in [1.807, 2.05) is 4.68 Å². The molecular formula is C26H41N5O. The lowest BCUT2D eigenvalue weighted by molar-refractivity contribution is -0.121. The smallest absolute Gasteiger partial charge is 0.220 e. The van der Waals surface area contributed by atoms with Crippen LogP contribution >= 0.6 is 0 Å². The number of aromatic nitrogens is 3. The Labute approximate surface area is 193 Å². The number of fused-ring (bicyclic) bond motifs is 1. The Kier molecular flexibility index (Phi) is 6.62. The minimum absolute atomic E-state index is 0.118. The first-order valence-corrected chi connectivity index (χ1v) is 12.5. The molecule has 2 aliphatic rings. The van der Waals surface area contributed by atoms with E-state index in [0.29, 0.717) is 12.3 Å². The fraction of sp³-hybridized carbons (Fsp3) is 0.731. The van der Waals surface area contributed by atoms with Gasteiger partial charge in [-0.15, -0.1) is 0 Å². The first-order valence-electron chi connectivity index (χ1n) is 12.5. The lowest BCUT2D eigenvalue weighted by atomic mass is 9.99. The molecule has 2 aromatic rings. The largest absolute Gasteiger partial charge is 0.356 e. The number of pyridine rings is 1. The van der Waals surface area contributed by atoms with Gasteiger partial charge in [-0.3, -0.25) is 4.79 Å². The molecule has 0 radical (unpaired) electrons. The summed E-state index contributed by atoms with van der Waals surface area (Å²) in [6.07, 6.45) is 7.96. The van der Waals surface area contributed by atoms with Gasteiger partial charge in [-0.25, -0.2) is 9.67 Å². The van der Waals surface area contributed by atoms with Gasteiger partial charge in [0, 0.05) is 36.6 Å². The van der Waals surface area contributed by atoms with Gasteiger partial charge in [-0.1, -0.05) is 12.8 Å². The Balaban J connectivity index is 1.36. The third kappa shape index (κ3) is 4.70. The molecular weight excluding hydrogens is 398 g/mol. The molecule has 6 nitrogen and oxygen atoms in total. The van der Waals surface area contributed by atoms with E-state index >= 15 is 0 Å². The highest BCUT2D eigenvalue weighted by Gasteiger charge is 2.30. The molecule has 0 aromatic carbocycles. The summed E-state index contributed by atoms with van der Waals surface area (Å²) in [6.45, 7) is 15.9. The number of amides is 1. The van der Waals surface area contributed by atoms with Crippen LogP contribution in [0.1, 0.15) is 81.8 Å². The molecule has 2 fully saturated rings. The first kappa shape index (κ1) is 23.2. The van der Waals surface area contributed by atoms with Crippen molar-refractivity contribution in [1.82, 2.24) is 25.0 Å². The molecule has 176 valence electrons. The van der Waals surface area contributed by atoms with Crippen LogP contribution in [-0.2, 0) is 16.8 Å². The Bertz CT molecular complexity index is 980. The van der Waals surface area contributed by atoms with Crippen molar-refractivity contribution in [2.75, 3.05) is 19.6 Å². The topological polar surface area (TPSA) is 63.1 Å². The number of rotatable bonds is 6. The summed E-state index contributed by atoms with van der Waals surface area (Å²) in [5.74, 6) is 0.761. The van der Waals surface area contributed by atoms with Crippen LogP contribution in [0.2, 0.25) is 0 Å². The molecule has 1 atom stereocenters. The molecule has 0 bridgehead atoms. The lowest BCUT2D eigenvalue weighted by Crippen LogP contribution is -2.34. The summed E-state index contributed by atoms with van der Waals surface area (Å²) in [6, 6.07) is 0.801. The molecule has 1 saturated carbocycles. The van der Waals surface area contributed by atoms with Gasteiger partial charge in [-0.2, -0.15) is 5.10 Å². The number of aryl methyl sites for hydroxylation is 3. The van der Waals surface area contributed by atoms with Gasteiger partial charge in [0.2, 0.25) is 5.91 Å². The van der Waals surface area contributed by atoms with Crippen molar-refractivity contribution in [3.05, 3.63) is 22.5 Å². The zero-order valence-corrected chi connectivity index (χ0v) is 20.9. The van der Waals surface area contributed by atoms with Crippen molar-refractivity contribution < 1.29 is 4.79 Å². The quantitative estimate of drug-likeness (QED) is 0.723. The summed E-state index contributed by atoms with van der Waals surface area (Å²) in [5, 5.41) is 9.13. The Morgan fingerprint density at radius 3 is 2.50 bits per heavy atom. The highest BCUT2D eigenvalue weighted by Crippen LogP contribution is 2.30. The van der Waals surface area contributed by atoms with E-state index in [9.17, 15) is 4.79 Å². The lowest BCUT2D eigenvalue weighted by Gasteiger charge is -2.23. The van der Waals surface area contributed by atoms with Gasteiger partial charge in [0.15, 0.2) is 5.65 Å². The minimum Gasteiger partial charge on any atom is -0.356 e. The zero-order valence-electron chi connectivity index (χ0n) is 20.9. The average Bonchev–Trinajstić information content (AvgIpc) is 3.45. The first-order chi connectivity index (χ1) is 15.1. The van der Waals surface area contributed by atoms with Crippen LogP contribution in [0, 0.1) is 26.7 Å². The van der Waals surface area contributed by atoms with Crippen LogP contribution in [0.5, 0.6) is 0 Å². The van der Waals surface area contributed by atoms with Crippen molar-refractivity contribution in [3.63, 3.8) is 0 Å². The predicted molar refractivity (Wildman–Crippen MR) is 130 cm³/mol. The van der Waals surface area contributed by atoms with E-state index in [4.69, 9.17) is 10.1 Å². The molecule has 1 amide bonds. The van der Waals surface area contributed by atoms with E-state index in [1.54, 1.807) is 0 Å². The highest BCUT2D eigenvalue weighted by molar-refractivity contribution is 5.84. The molecule has 6 heteroatoms. The number of nitrogens with zero attached hydrogens (tertiary/aromatic N) is 4. The number of hydrogen-bond donors (Lipinski definition) is 1. The fourth-order valence-corrected chi connectivity index (χ4v) is 5.76. The number of hydrogen-bond acceptors (Lipinski definition) is 4. The highest BCUT2D eigenvalue weighted by atomic mass is 16.1. The second-order valence-corrected chi connectivity index (χ2v) is 11.1. The Morgan fingerprint density at radius 2 is 1.81 bits per heavy atom. The van der Waals surface area contributed by atoms with Crippen LogP contribution < -0.4 is 5.32 Å². The second kappa shape index (κ2) is 9.12. The van der Waals surface area contributed by atoms with Crippen molar-refractivity contribution >= 4 is 16.9 Å². The maximum Gasteiger partial charge on any atom is 0.220 e. The van der Waals surface area contributed by atoms with Crippen molar-refractivity contribution in [2.24, 2.45) is 5.92 Å². The summed E-state index contributed by atoms with van der Waals surface area (Å²) in [7, 11) is 0. The molecule has 1 N–H and O–H groups in total. The summed E-state index contributed by atoms with van der Waals surface area (Å²) in [5.41, 5.74) is 5.27. The summed E-state index contributed by atoms with van der Waals surface area (Å²) in [4.78, 5) is 20.2. The second-order valence-electron chi connectivity index (χ2n) is 11.1. The standard InChI is InChI=1S/C26H41N5O/c1-17-22(18(2)28-25-24(17)19(3)29-31(25)26(4,5)6)11-12-23(32)27-15-20-13-14-30(16-20)21-9-7-8-10-21/h20-21H,7-16H2,1-6H3,(H,27,32)/t20-/m0/s1. The maximum atomic E-state index is 12.6. The predicted octanol–water partition coefficient (Wildman–Crippen LogP) is 4.42. The van der Waals surface area contributed by atoms with Crippen LogP contribution in [0.15, 0.2) is 0 Å². The van der Waals surface area contributed by atoms with Gasteiger partial charge in [0.25, 0.3) is 0 Å². The molecule has 2 aromatic heterocycles. The van der Waals surface area contributed by atoms with Gasteiger partial charge in [-0.05, 0) is 90.8 Å². The molecule has 1 saturated heterocycles. The van der Waals surface area contributed by atoms with E-state index in [1.165, 1.54) is 49.8 Å². The molecule has 0 spiro atoms. The van der Waals surface area contributed by atoms with E-state index in [2.05, 4.69) is 51.8 Å². The monoisotopic (exact) mass is 439 g/mol. The number of likely N-dealkylation sites (tertiary alicyclic amines) is 1. The van der Waals surface area contributed by atoms with Crippen molar-refractivity contribution in [2.45, 2.75) is 98.1 Å². The number of carbonyl (C=O) groups excluding carboxylic acids is 1. The molecule has 1 aliphatic heterocycles. The van der Waals surface area contributed by atoms with Gasteiger partial charge in [0.1, 0.15) is 0 Å². The van der Waals surface area contributed by atoms with E-state index in [-0.39, 0.29) is 11.4 Å². The van der Waals surface area contributed by atoms with Gasteiger partial charge in [0.05, 0.1) is 11.2 Å². The van der Waals surface area contributed by atoms with Crippen LogP contribution in [0.4, 0.5) is 0 Å². The van der Waals surface area contributed by atoms with E-state index < -0.39 is 0 Å². The molecule has 32 heavy (non-hydrogen) atoms. The van der Waals surface area contributed by atoms with Crippen LogP contribution in [0.25, 0.3) is 11.0 Å². The maximum absolute atomic E-state index is 12.6. The van der Waals surface area contributed by atoms with Gasteiger partial charge >= 0.3 is 0 Å². The number of nitrogens with one attached hydrogen (secondary N) is 1. The minimum atomic E-state index is -0.118. The fourth-order valence-electron chi connectivity index (χ4n) is 5.76. The molecule has 0 unspecified atom stereocenters. The Morgan fingerprint density at radius 1 is 1.09 bits per heavy atom. The third-order valence-electron chi connectivity index (χ3n) is 7.56. The summed E-state index contributed by atoms with van der Waals surface area (Å²) >= 11 is 0. The third-order valence-corrected chi connectivity index (χ3v) is 7.56. The van der Waals surface area contributed by atoms with Gasteiger partial charge < -0.3 is 10.2 Å². The Hall–Kier alpha value is -1.95. The molecule has 4 rings (SSSR count). The van der Waals surface area contributed by atoms with Crippen LogP contribution in [0.3, 0.4) is 0 Å². The van der Waals surface area contributed by atoms with Crippen molar-refractivity contribution in [1.29, 1.82) is 0 Å². The number of carbonyl (C=O) groups is 1. The summed E-state index contributed by atoms with van der Waals surface area (Å²) < 4.78 is 2.03. The molecule has 1 aliphatic carbocycles. The average molecular weight is 440 g/mol. The van der Waals surface area contributed by atoms with Crippen LogP contribution in [-0.4, -0.2) is 51.2 Å². The normalized spacial score (nSPS) is 20.5. The zero-order chi connectivity index (χ0) is 23.0.